The Hall–Kier alpha value is -2.93. The van der Waals surface area contributed by atoms with E-state index in [9.17, 15) is 25.2 Å². The highest BCUT2D eigenvalue weighted by Crippen LogP contribution is 2.43. The first-order valence-corrected chi connectivity index (χ1v) is 6.74. The number of phenols is 4. The number of methoxy groups -OCH3 is 1. The van der Waals surface area contributed by atoms with E-state index in [0.717, 1.165) is 6.07 Å². The van der Waals surface area contributed by atoms with Crippen molar-refractivity contribution in [3.05, 3.63) is 41.5 Å². The second-order valence-corrected chi connectivity index (χ2v) is 5.15. The van der Waals surface area contributed by atoms with Gasteiger partial charge in [0.1, 0.15) is 22.8 Å². The third kappa shape index (κ3) is 2.40. The lowest BCUT2D eigenvalue weighted by Crippen LogP contribution is -2.37. The number of carbonyl (C=O) groups excluding carboxylic acids is 1. The molecule has 1 heterocycles. The molecular weight excluding hydrogens is 304 g/mol. The van der Waals surface area contributed by atoms with Crippen LogP contribution in [-0.4, -0.2) is 39.4 Å². The number of aromatic hydroxyl groups is 4. The number of benzene rings is 2. The Kier molecular flexibility index (Phi) is 3.49. The number of phenolic OH excluding ortho intramolecular Hbond substituents is 4. The normalized spacial score (nSPS) is 20.0. The summed E-state index contributed by atoms with van der Waals surface area (Å²) in [5.74, 6) is -1.82. The number of Topliss-reactive ketones (excluding diaryl/α,β-unsaturated/α-hetero) is 1. The maximum absolute atomic E-state index is 12.6. The highest BCUT2D eigenvalue weighted by molar-refractivity contribution is 6.05. The van der Waals surface area contributed by atoms with Gasteiger partial charge >= 0.3 is 0 Å². The highest BCUT2D eigenvalue weighted by atomic mass is 16.5. The summed E-state index contributed by atoms with van der Waals surface area (Å²) < 4.78 is 10.9. The first-order chi connectivity index (χ1) is 10.9. The molecule has 0 spiro atoms. The second-order valence-electron chi connectivity index (χ2n) is 5.15. The van der Waals surface area contributed by atoms with Gasteiger partial charge in [-0.3, -0.25) is 4.79 Å². The molecule has 2 atom stereocenters. The summed E-state index contributed by atoms with van der Waals surface area (Å²) >= 11 is 0. The molecule has 1 aliphatic rings. The molecule has 0 aromatic heterocycles. The molecule has 0 saturated heterocycles. The van der Waals surface area contributed by atoms with Gasteiger partial charge in [0.15, 0.2) is 23.7 Å². The van der Waals surface area contributed by atoms with Crippen LogP contribution >= 0.6 is 0 Å². The fraction of sp³-hybridized carbons (Fsp3) is 0.188. The van der Waals surface area contributed by atoms with Gasteiger partial charge in [0, 0.05) is 19.2 Å². The van der Waals surface area contributed by atoms with Crippen LogP contribution in [0.4, 0.5) is 0 Å². The van der Waals surface area contributed by atoms with Gasteiger partial charge < -0.3 is 29.9 Å². The number of hydrogen-bond donors (Lipinski definition) is 4. The van der Waals surface area contributed by atoms with Gasteiger partial charge in [-0.25, -0.2) is 0 Å². The summed E-state index contributed by atoms with van der Waals surface area (Å²) in [6, 6.07) is 6.26. The van der Waals surface area contributed by atoms with E-state index < -0.39 is 23.7 Å². The van der Waals surface area contributed by atoms with Gasteiger partial charge in [0.25, 0.3) is 0 Å². The zero-order valence-electron chi connectivity index (χ0n) is 12.1. The smallest absolute Gasteiger partial charge is 0.203 e. The lowest BCUT2D eigenvalue weighted by molar-refractivity contribution is -0.00115. The van der Waals surface area contributed by atoms with Crippen LogP contribution in [0, 0.1) is 0 Å². The fourth-order valence-corrected chi connectivity index (χ4v) is 2.60. The predicted octanol–water partition coefficient (Wildman–Crippen LogP) is 1.84. The third-order valence-corrected chi connectivity index (χ3v) is 3.68. The molecule has 0 radical (unpaired) electrons. The topological polar surface area (TPSA) is 116 Å². The first kappa shape index (κ1) is 15.0. The zero-order chi connectivity index (χ0) is 16.7. The molecule has 0 aliphatic carbocycles. The minimum Gasteiger partial charge on any atom is -0.508 e. The molecule has 3 rings (SSSR count). The Bertz CT molecular complexity index is 784. The van der Waals surface area contributed by atoms with E-state index in [1.165, 1.54) is 31.4 Å². The molecular formula is C16H14O7. The van der Waals surface area contributed by atoms with Crippen LogP contribution in [-0.2, 0) is 4.74 Å². The number of ketones is 1. The van der Waals surface area contributed by atoms with E-state index in [0.29, 0.717) is 5.56 Å². The molecule has 4 N–H and O–H groups in total. The van der Waals surface area contributed by atoms with Gasteiger partial charge in [0.05, 0.1) is 0 Å². The molecule has 0 bridgehead atoms. The number of fused-ring (bicyclic) bond motifs is 1. The van der Waals surface area contributed by atoms with Gasteiger partial charge in [-0.05, 0) is 17.7 Å². The van der Waals surface area contributed by atoms with Crippen LogP contribution in [0.5, 0.6) is 28.7 Å². The molecule has 2 unspecified atom stereocenters. The average molecular weight is 318 g/mol. The Labute approximate surface area is 131 Å². The standard InChI is InChI=1S/C16H14O7/c1-22-16-14(21)13-11(20)5-8(17)6-12(13)23-15(16)7-2-3-9(18)10(19)4-7/h2-6,15-20H,1H3. The summed E-state index contributed by atoms with van der Waals surface area (Å²) in [7, 11) is 1.32. The maximum atomic E-state index is 12.6. The molecule has 7 heteroatoms. The van der Waals surface area contributed by atoms with Crippen molar-refractivity contribution < 1.29 is 34.7 Å². The second kappa shape index (κ2) is 5.36. The van der Waals surface area contributed by atoms with Crippen LogP contribution in [0.3, 0.4) is 0 Å². The van der Waals surface area contributed by atoms with Crippen LogP contribution < -0.4 is 4.74 Å². The Morgan fingerprint density at radius 3 is 2.39 bits per heavy atom. The molecule has 0 saturated carbocycles. The lowest BCUT2D eigenvalue weighted by atomic mass is 9.92. The number of rotatable bonds is 2. The molecule has 0 amide bonds. The number of carbonyl (C=O) groups is 1. The first-order valence-electron chi connectivity index (χ1n) is 6.74. The minimum atomic E-state index is -1.05. The number of hydrogen-bond acceptors (Lipinski definition) is 7. The Morgan fingerprint density at radius 1 is 1.00 bits per heavy atom. The van der Waals surface area contributed by atoms with Gasteiger partial charge in [-0.15, -0.1) is 0 Å². The van der Waals surface area contributed by atoms with Crippen molar-refractivity contribution in [3.8, 4) is 28.7 Å². The molecule has 23 heavy (non-hydrogen) atoms. The van der Waals surface area contributed by atoms with E-state index in [-0.39, 0.29) is 28.6 Å². The van der Waals surface area contributed by atoms with E-state index in [1.807, 2.05) is 0 Å². The van der Waals surface area contributed by atoms with Crippen molar-refractivity contribution >= 4 is 5.78 Å². The van der Waals surface area contributed by atoms with E-state index in [1.54, 1.807) is 0 Å². The summed E-state index contributed by atoms with van der Waals surface area (Å²) in [6.07, 6.45) is -1.96. The number of ether oxygens (including phenoxy) is 2. The Morgan fingerprint density at radius 2 is 1.74 bits per heavy atom. The predicted molar refractivity (Wildman–Crippen MR) is 78.0 cm³/mol. The third-order valence-electron chi connectivity index (χ3n) is 3.68. The van der Waals surface area contributed by atoms with Crippen molar-refractivity contribution in [2.75, 3.05) is 7.11 Å². The van der Waals surface area contributed by atoms with Crippen LogP contribution in [0.15, 0.2) is 30.3 Å². The molecule has 120 valence electrons. The van der Waals surface area contributed by atoms with Crippen molar-refractivity contribution in [1.82, 2.24) is 0 Å². The van der Waals surface area contributed by atoms with Crippen molar-refractivity contribution in [2.45, 2.75) is 12.2 Å². The van der Waals surface area contributed by atoms with Gasteiger partial charge in [-0.2, -0.15) is 0 Å². The molecule has 2 aromatic carbocycles. The lowest BCUT2D eigenvalue weighted by Gasteiger charge is -2.32. The maximum Gasteiger partial charge on any atom is 0.203 e. The van der Waals surface area contributed by atoms with Crippen LogP contribution in [0.25, 0.3) is 0 Å². The SMILES string of the molecule is COC1C(=O)c2c(O)cc(O)cc2OC1c1ccc(O)c(O)c1. The molecule has 1 aliphatic heterocycles. The molecule has 0 fully saturated rings. The van der Waals surface area contributed by atoms with Gasteiger partial charge in [-0.1, -0.05) is 6.07 Å². The Balaban J connectivity index is 2.11. The average Bonchev–Trinajstić information content (AvgIpc) is 2.49. The van der Waals surface area contributed by atoms with E-state index in [2.05, 4.69) is 0 Å². The summed E-state index contributed by atoms with van der Waals surface area (Å²) in [5, 5.41) is 38.4. The summed E-state index contributed by atoms with van der Waals surface area (Å²) in [4.78, 5) is 12.6. The highest BCUT2D eigenvalue weighted by Gasteiger charge is 2.40. The molecule has 7 nitrogen and oxygen atoms in total. The van der Waals surface area contributed by atoms with Crippen LogP contribution in [0.2, 0.25) is 0 Å². The summed E-state index contributed by atoms with van der Waals surface area (Å²) in [6.45, 7) is 0. The van der Waals surface area contributed by atoms with Crippen molar-refractivity contribution in [1.29, 1.82) is 0 Å². The van der Waals surface area contributed by atoms with Gasteiger partial charge in [0.2, 0.25) is 5.78 Å². The summed E-state index contributed by atoms with van der Waals surface area (Å²) in [5.41, 5.74) is 0.322. The monoisotopic (exact) mass is 318 g/mol. The van der Waals surface area contributed by atoms with Crippen molar-refractivity contribution in [3.63, 3.8) is 0 Å². The fourth-order valence-electron chi connectivity index (χ4n) is 2.60. The zero-order valence-corrected chi connectivity index (χ0v) is 12.1. The van der Waals surface area contributed by atoms with E-state index >= 15 is 0 Å². The van der Waals surface area contributed by atoms with Crippen LogP contribution in [0.1, 0.15) is 22.0 Å². The molecule has 2 aromatic rings. The van der Waals surface area contributed by atoms with E-state index in [4.69, 9.17) is 9.47 Å². The minimum absolute atomic E-state index is 0.0124. The largest absolute Gasteiger partial charge is 0.508 e. The quantitative estimate of drug-likeness (QED) is 0.624. The van der Waals surface area contributed by atoms with Crippen molar-refractivity contribution in [2.24, 2.45) is 0 Å².